The van der Waals surface area contributed by atoms with Crippen LogP contribution in [-0.4, -0.2) is 29.4 Å². The van der Waals surface area contributed by atoms with Crippen LogP contribution in [0.5, 0.6) is 0 Å². The molecule has 0 bridgehead atoms. The maximum Gasteiger partial charge on any atom is 0.310 e. The highest BCUT2D eigenvalue weighted by atomic mass is 16.4. The summed E-state index contributed by atoms with van der Waals surface area (Å²) in [6.45, 7) is 2.60. The van der Waals surface area contributed by atoms with Crippen LogP contribution in [0.3, 0.4) is 0 Å². The molecule has 0 unspecified atom stereocenters. The highest BCUT2D eigenvalue weighted by molar-refractivity contribution is 5.96. The average molecular weight is 360 g/mol. The van der Waals surface area contributed by atoms with Gasteiger partial charge in [0.15, 0.2) is 0 Å². The summed E-state index contributed by atoms with van der Waals surface area (Å²) in [5.74, 6) is -1.32. The average Bonchev–Trinajstić information content (AvgIpc) is 2.86. The van der Waals surface area contributed by atoms with Gasteiger partial charge >= 0.3 is 5.97 Å². The quantitative estimate of drug-likeness (QED) is 0.648. The number of carboxylic acids is 1. The molecule has 1 saturated carbocycles. The van der Waals surface area contributed by atoms with Crippen molar-refractivity contribution >= 4 is 23.5 Å². The third kappa shape index (κ3) is 5.31. The van der Waals surface area contributed by atoms with Crippen molar-refractivity contribution in [3.63, 3.8) is 0 Å². The highest BCUT2D eigenvalue weighted by Gasteiger charge is 2.40. The van der Waals surface area contributed by atoms with E-state index >= 15 is 0 Å². The van der Waals surface area contributed by atoms with E-state index in [-0.39, 0.29) is 18.2 Å². The van der Waals surface area contributed by atoms with Crippen molar-refractivity contribution < 1.29 is 19.5 Å². The van der Waals surface area contributed by atoms with E-state index in [1.807, 2.05) is 6.92 Å². The van der Waals surface area contributed by atoms with Crippen molar-refractivity contribution in [2.75, 3.05) is 11.9 Å². The highest BCUT2D eigenvalue weighted by Crippen LogP contribution is 2.38. The number of benzene rings is 1. The van der Waals surface area contributed by atoms with Crippen molar-refractivity contribution in [1.29, 1.82) is 0 Å². The van der Waals surface area contributed by atoms with Crippen LogP contribution >= 0.6 is 0 Å². The van der Waals surface area contributed by atoms with Crippen LogP contribution in [0.25, 0.3) is 0 Å². The first-order valence-electron chi connectivity index (χ1n) is 9.38. The van der Waals surface area contributed by atoms with Gasteiger partial charge in [-0.3, -0.25) is 14.4 Å². The molecule has 1 aromatic carbocycles. The number of hydrogen-bond donors (Lipinski definition) is 3. The Bertz CT molecular complexity index is 632. The molecule has 1 aromatic rings. The number of amides is 2. The van der Waals surface area contributed by atoms with E-state index in [0.717, 1.165) is 32.1 Å². The van der Waals surface area contributed by atoms with Crippen molar-refractivity contribution in [2.24, 2.45) is 5.41 Å². The molecular weight excluding hydrogens is 332 g/mol. The standard InChI is InChI=1S/C20H28N2O4/c1-2-13-21-18(24)15-7-9-16(10-8-15)22-17(23)14-20(19(25)26)11-5-3-4-6-12-20/h7-10H,2-6,11-14H2,1H3,(H,21,24)(H,22,23)(H,25,26). The van der Waals surface area contributed by atoms with Gasteiger partial charge in [0, 0.05) is 24.2 Å². The molecule has 26 heavy (non-hydrogen) atoms. The van der Waals surface area contributed by atoms with Crippen LogP contribution in [0.1, 0.15) is 68.6 Å². The van der Waals surface area contributed by atoms with Crippen molar-refractivity contribution in [2.45, 2.75) is 58.3 Å². The zero-order valence-corrected chi connectivity index (χ0v) is 15.3. The molecule has 0 atom stereocenters. The normalized spacial score (nSPS) is 16.3. The zero-order valence-electron chi connectivity index (χ0n) is 15.3. The Kier molecular flexibility index (Phi) is 7.18. The predicted octanol–water partition coefficient (Wildman–Crippen LogP) is 3.58. The summed E-state index contributed by atoms with van der Waals surface area (Å²) < 4.78 is 0. The Morgan fingerprint density at radius 3 is 2.19 bits per heavy atom. The van der Waals surface area contributed by atoms with Gasteiger partial charge in [-0.25, -0.2) is 0 Å². The van der Waals surface area contributed by atoms with Crippen LogP contribution in [0, 0.1) is 5.41 Å². The molecule has 6 nitrogen and oxygen atoms in total. The number of hydrogen-bond acceptors (Lipinski definition) is 3. The Labute approximate surface area is 154 Å². The molecule has 2 amide bonds. The van der Waals surface area contributed by atoms with E-state index in [2.05, 4.69) is 10.6 Å². The molecule has 6 heteroatoms. The van der Waals surface area contributed by atoms with Crippen molar-refractivity contribution in [1.82, 2.24) is 5.32 Å². The SMILES string of the molecule is CCCNC(=O)c1ccc(NC(=O)CC2(C(=O)O)CCCCCC2)cc1. The maximum atomic E-state index is 12.4. The van der Waals surface area contributed by atoms with Gasteiger partial charge in [-0.2, -0.15) is 0 Å². The van der Waals surface area contributed by atoms with Crippen LogP contribution in [0.4, 0.5) is 5.69 Å². The van der Waals surface area contributed by atoms with Crippen LogP contribution in [0.15, 0.2) is 24.3 Å². The molecule has 0 aliphatic heterocycles. The van der Waals surface area contributed by atoms with Gasteiger partial charge in [-0.05, 0) is 43.5 Å². The molecular formula is C20H28N2O4. The minimum absolute atomic E-state index is 0.0128. The lowest BCUT2D eigenvalue weighted by Gasteiger charge is -2.27. The fraction of sp³-hybridized carbons (Fsp3) is 0.550. The van der Waals surface area contributed by atoms with E-state index in [4.69, 9.17) is 0 Å². The van der Waals surface area contributed by atoms with E-state index < -0.39 is 11.4 Å². The second kappa shape index (κ2) is 9.36. The van der Waals surface area contributed by atoms with Gasteiger partial charge in [0.25, 0.3) is 5.91 Å². The molecule has 0 aromatic heterocycles. The van der Waals surface area contributed by atoms with Gasteiger partial charge in [-0.15, -0.1) is 0 Å². The lowest BCUT2D eigenvalue weighted by atomic mass is 9.77. The summed E-state index contributed by atoms with van der Waals surface area (Å²) in [4.78, 5) is 36.1. The Morgan fingerprint density at radius 2 is 1.65 bits per heavy atom. The molecule has 2 rings (SSSR count). The van der Waals surface area contributed by atoms with Gasteiger partial charge in [0.2, 0.25) is 5.91 Å². The Balaban J connectivity index is 1.98. The largest absolute Gasteiger partial charge is 0.481 e. The zero-order chi connectivity index (χ0) is 19.0. The van der Waals surface area contributed by atoms with Gasteiger partial charge in [-0.1, -0.05) is 32.6 Å². The number of carbonyl (C=O) groups excluding carboxylic acids is 2. The summed E-state index contributed by atoms with van der Waals surface area (Å²) in [5, 5.41) is 15.2. The minimum Gasteiger partial charge on any atom is -0.481 e. The summed E-state index contributed by atoms with van der Waals surface area (Å²) in [7, 11) is 0. The van der Waals surface area contributed by atoms with E-state index in [1.54, 1.807) is 24.3 Å². The van der Waals surface area contributed by atoms with Crippen LogP contribution < -0.4 is 10.6 Å². The minimum atomic E-state index is -0.958. The molecule has 0 radical (unpaired) electrons. The monoisotopic (exact) mass is 360 g/mol. The predicted molar refractivity (Wildman–Crippen MR) is 100 cm³/mol. The van der Waals surface area contributed by atoms with Gasteiger partial charge in [0.05, 0.1) is 5.41 Å². The number of rotatable bonds is 7. The second-order valence-corrected chi connectivity index (χ2v) is 7.06. The first kappa shape index (κ1) is 19.9. The van der Waals surface area contributed by atoms with Crippen LogP contribution in [0.2, 0.25) is 0 Å². The molecule has 1 fully saturated rings. The summed E-state index contributed by atoms with van der Waals surface area (Å²) >= 11 is 0. The fourth-order valence-corrected chi connectivity index (χ4v) is 3.43. The van der Waals surface area contributed by atoms with Gasteiger partial charge in [0.1, 0.15) is 0 Å². The smallest absolute Gasteiger partial charge is 0.310 e. The molecule has 0 spiro atoms. The number of aliphatic carboxylic acids is 1. The molecule has 1 aliphatic carbocycles. The first-order valence-corrected chi connectivity index (χ1v) is 9.38. The molecule has 0 heterocycles. The molecule has 1 aliphatic rings. The molecule has 0 saturated heterocycles. The van der Waals surface area contributed by atoms with Crippen molar-refractivity contribution in [3.05, 3.63) is 29.8 Å². The maximum absolute atomic E-state index is 12.4. The van der Waals surface area contributed by atoms with Crippen LogP contribution in [-0.2, 0) is 9.59 Å². The van der Waals surface area contributed by atoms with E-state index in [1.165, 1.54) is 0 Å². The molecule has 142 valence electrons. The van der Waals surface area contributed by atoms with E-state index in [9.17, 15) is 19.5 Å². The number of carbonyl (C=O) groups is 3. The summed E-state index contributed by atoms with van der Waals surface area (Å²) in [5.41, 5.74) is 0.138. The van der Waals surface area contributed by atoms with Crippen molar-refractivity contribution in [3.8, 4) is 0 Å². The summed E-state index contributed by atoms with van der Waals surface area (Å²) in [6.07, 6.45) is 5.70. The fourth-order valence-electron chi connectivity index (χ4n) is 3.43. The topological polar surface area (TPSA) is 95.5 Å². The lowest BCUT2D eigenvalue weighted by Crippen LogP contribution is -2.35. The Hall–Kier alpha value is -2.37. The van der Waals surface area contributed by atoms with Gasteiger partial charge < -0.3 is 15.7 Å². The summed E-state index contributed by atoms with van der Waals surface area (Å²) in [6, 6.07) is 6.64. The first-order chi connectivity index (χ1) is 12.5. The number of nitrogens with one attached hydrogen (secondary N) is 2. The second-order valence-electron chi connectivity index (χ2n) is 7.06. The lowest BCUT2D eigenvalue weighted by molar-refractivity contribution is -0.152. The Morgan fingerprint density at radius 1 is 1.04 bits per heavy atom. The molecule has 3 N–H and O–H groups in total. The van der Waals surface area contributed by atoms with E-state index in [0.29, 0.717) is 30.6 Å². The third-order valence-electron chi connectivity index (χ3n) is 4.98. The number of carboxylic acid groups (broad SMARTS) is 1. The number of anilines is 1. The third-order valence-corrected chi connectivity index (χ3v) is 4.98.